The largest absolute Gasteiger partial charge is 0.451 e. The van der Waals surface area contributed by atoms with Crippen LogP contribution < -0.4 is 11.1 Å². The Morgan fingerprint density at radius 1 is 1.36 bits per heavy atom. The van der Waals surface area contributed by atoms with Crippen LogP contribution in [-0.2, 0) is 24.2 Å². The van der Waals surface area contributed by atoms with E-state index >= 15 is 0 Å². The van der Waals surface area contributed by atoms with Crippen molar-refractivity contribution in [1.29, 1.82) is 0 Å². The molecule has 0 radical (unpaired) electrons. The number of thiophene rings is 1. The van der Waals surface area contributed by atoms with Crippen LogP contribution in [0.15, 0.2) is 28.7 Å². The van der Waals surface area contributed by atoms with Crippen LogP contribution in [0, 0.1) is 5.92 Å². The quantitative estimate of drug-likeness (QED) is 0.676. The molecule has 2 amide bonds. The second-order valence-corrected chi connectivity index (χ2v) is 8.32. The summed E-state index contributed by atoms with van der Waals surface area (Å²) in [5.74, 6) is -0.168. The van der Waals surface area contributed by atoms with Crippen molar-refractivity contribution in [3.05, 3.63) is 51.6 Å². The highest BCUT2D eigenvalue weighted by Gasteiger charge is 2.29. The number of nitrogens with one attached hydrogen (secondary N) is 1. The van der Waals surface area contributed by atoms with Crippen molar-refractivity contribution >= 4 is 39.1 Å². The molecule has 3 aromatic rings. The van der Waals surface area contributed by atoms with Gasteiger partial charge in [-0.05, 0) is 36.8 Å². The molecule has 2 aromatic heterocycles. The molecular weight excluding hydrogens is 376 g/mol. The maximum atomic E-state index is 13.0. The SMILES string of the molecule is COCc1c(C(=O)Nc2sc3c(c2C(N)=O)CCC(C)C3)oc2ccccc12. The minimum atomic E-state index is -0.510. The summed E-state index contributed by atoms with van der Waals surface area (Å²) < 4.78 is 11.1. The van der Waals surface area contributed by atoms with Gasteiger partial charge in [-0.2, -0.15) is 0 Å². The molecule has 2 heterocycles. The van der Waals surface area contributed by atoms with E-state index in [1.807, 2.05) is 24.3 Å². The molecule has 0 aliphatic heterocycles. The van der Waals surface area contributed by atoms with Crippen LogP contribution in [0.4, 0.5) is 5.00 Å². The van der Waals surface area contributed by atoms with Crippen molar-refractivity contribution in [2.24, 2.45) is 11.7 Å². The van der Waals surface area contributed by atoms with Gasteiger partial charge in [-0.1, -0.05) is 25.1 Å². The van der Waals surface area contributed by atoms with E-state index in [4.69, 9.17) is 14.9 Å². The molecule has 1 unspecified atom stereocenters. The highest BCUT2D eigenvalue weighted by atomic mass is 32.1. The molecule has 1 aromatic carbocycles. The summed E-state index contributed by atoms with van der Waals surface area (Å²) in [6.45, 7) is 2.44. The minimum Gasteiger partial charge on any atom is -0.451 e. The Labute approximate surface area is 166 Å². The number of carbonyl (C=O) groups is 2. The van der Waals surface area contributed by atoms with Crippen LogP contribution in [-0.4, -0.2) is 18.9 Å². The lowest BCUT2D eigenvalue weighted by atomic mass is 9.88. The molecule has 0 saturated heterocycles. The Kier molecular flexibility index (Phi) is 4.95. The Balaban J connectivity index is 1.72. The molecule has 0 fully saturated rings. The van der Waals surface area contributed by atoms with Crippen LogP contribution in [0.3, 0.4) is 0 Å². The molecule has 4 rings (SSSR count). The van der Waals surface area contributed by atoms with Crippen LogP contribution >= 0.6 is 11.3 Å². The van der Waals surface area contributed by atoms with Gasteiger partial charge in [-0.25, -0.2) is 0 Å². The average molecular weight is 398 g/mol. The summed E-state index contributed by atoms with van der Waals surface area (Å²) in [5.41, 5.74) is 8.36. The van der Waals surface area contributed by atoms with E-state index in [-0.39, 0.29) is 12.4 Å². The first-order chi connectivity index (χ1) is 13.5. The number of primary amides is 1. The maximum absolute atomic E-state index is 13.0. The van der Waals surface area contributed by atoms with Crippen LogP contribution in [0.25, 0.3) is 11.0 Å². The van der Waals surface area contributed by atoms with Crippen molar-refractivity contribution in [3.63, 3.8) is 0 Å². The van der Waals surface area contributed by atoms with Crippen molar-refractivity contribution in [2.45, 2.75) is 32.8 Å². The first-order valence-corrected chi connectivity index (χ1v) is 10.1. The Bertz CT molecular complexity index is 1070. The Morgan fingerprint density at radius 2 is 2.14 bits per heavy atom. The zero-order valence-corrected chi connectivity index (χ0v) is 16.7. The topological polar surface area (TPSA) is 94.6 Å². The highest BCUT2D eigenvalue weighted by molar-refractivity contribution is 7.17. The fraction of sp³-hybridized carbons (Fsp3) is 0.333. The monoisotopic (exact) mass is 398 g/mol. The van der Waals surface area contributed by atoms with Gasteiger partial charge in [-0.15, -0.1) is 11.3 Å². The lowest BCUT2D eigenvalue weighted by Gasteiger charge is -2.18. The lowest BCUT2D eigenvalue weighted by Crippen LogP contribution is -2.19. The van der Waals surface area contributed by atoms with Gasteiger partial charge in [0.1, 0.15) is 10.6 Å². The van der Waals surface area contributed by atoms with Crippen LogP contribution in [0.2, 0.25) is 0 Å². The first kappa shape index (κ1) is 18.7. The van der Waals surface area contributed by atoms with Gasteiger partial charge in [-0.3, -0.25) is 9.59 Å². The molecule has 0 bridgehead atoms. The second kappa shape index (κ2) is 7.41. The Hall–Kier alpha value is -2.64. The number of amides is 2. The van der Waals surface area contributed by atoms with Gasteiger partial charge < -0.3 is 20.2 Å². The van der Waals surface area contributed by atoms with Gasteiger partial charge in [0.25, 0.3) is 11.8 Å². The molecule has 7 heteroatoms. The van der Waals surface area contributed by atoms with Gasteiger partial charge in [0.2, 0.25) is 0 Å². The summed E-state index contributed by atoms with van der Waals surface area (Å²) >= 11 is 1.44. The number of anilines is 1. The van der Waals surface area contributed by atoms with Crippen molar-refractivity contribution in [3.8, 4) is 0 Å². The molecule has 0 spiro atoms. The minimum absolute atomic E-state index is 0.193. The number of nitrogens with two attached hydrogens (primary N) is 1. The van der Waals surface area contributed by atoms with Gasteiger partial charge in [0.15, 0.2) is 5.76 Å². The number of hydrogen-bond acceptors (Lipinski definition) is 5. The number of carbonyl (C=O) groups excluding carboxylic acids is 2. The van der Waals surface area contributed by atoms with E-state index < -0.39 is 11.8 Å². The molecule has 0 saturated carbocycles. The molecule has 1 aliphatic rings. The molecule has 3 N–H and O–H groups in total. The van der Waals surface area contributed by atoms with Crippen molar-refractivity contribution in [2.75, 3.05) is 12.4 Å². The van der Waals surface area contributed by atoms with E-state index in [9.17, 15) is 9.59 Å². The van der Waals surface area contributed by atoms with Crippen molar-refractivity contribution in [1.82, 2.24) is 0 Å². The smallest absolute Gasteiger partial charge is 0.292 e. The van der Waals surface area contributed by atoms with Gasteiger partial charge in [0, 0.05) is 22.9 Å². The summed E-state index contributed by atoms with van der Waals surface area (Å²) in [6, 6.07) is 7.44. The fourth-order valence-electron chi connectivity index (χ4n) is 3.83. The predicted molar refractivity (Wildman–Crippen MR) is 109 cm³/mol. The highest BCUT2D eigenvalue weighted by Crippen LogP contribution is 2.40. The number of furan rings is 1. The molecule has 1 atom stereocenters. The van der Waals surface area contributed by atoms with E-state index in [0.29, 0.717) is 27.6 Å². The predicted octanol–water partition coefficient (Wildman–Crippen LogP) is 4.12. The second-order valence-electron chi connectivity index (χ2n) is 7.21. The van der Waals surface area contributed by atoms with E-state index in [0.717, 1.165) is 35.1 Å². The number of ether oxygens (including phenoxy) is 1. The molecule has 146 valence electrons. The number of benzene rings is 1. The zero-order valence-electron chi connectivity index (χ0n) is 15.8. The molecule has 1 aliphatic carbocycles. The molecular formula is C21H22N2O4S. The number of fused-ring (bicyclic) bond motifs is 2. The Morgan fingerprint density at radius 3 is 2.89 bits per heavy atom. The van der Waals surface area contributed by atoms with Gasteiger partial charge >= 0.3 is 0 Å². The van der Waals surface area contributed by atoms with E-state index in [1.54, 1.807) is 7.11 Å². The maximum Gasteiger partial charge on any atom is 0.292 e. The third-order valence-corrected chi connectivity index (χ3v) is 6.35. The van der Waals surface area contributed by atoms with Crippen molar-refractivity contribution < 1.29 is 18.7 Å². The van der Waals surface area contributed by atoms with Gasteiger partial charge in [0.05, 0.1) is 12.2 Å². The number of methoxy groups -OCH3 is 1. The zero-order chi connectivity index (χ0) is 19.8. The first-order valence-electron chi connectivity index (χ1n) is 9.24. The summed E-state index contributed by atoms with van der Waals surface area (Å²) in [4.78, 5) is 26.3. The van der Waals surface area contributed by atoms with E-state index in [1.165, 1.54) is 11.3 Å². The number of para-hydroxylation sites is 1. The number of hydrogen-bond donors (Lipinski definition) is 2. The standard InChI is InChI=1S/C21H22N2O4S/c1-11-7-8-13-16(9-11)28-21(17(13)19(22)24)23-20(25)18-14(10-26-2)12-5-3-4-6-15(12)27-18/h3-6,11H,7-10H2,1-2H3,(H2,22,24)(H,23,25). The molecule has 6 nitrogen and oxygen atoms in total. The normalized spacial score (nSPS) is 16.1. The fourth-order valence-corrected chi connectivity index (χ4v) is 5.24. The molecule has 28 heavy (non-hydrogen) atoms. The average Bonchev–Trinajstić information content (AvgIpc) is 3.20. The lowest BCUT2D eigenvalue weighted by molar-refractivity contribution is 0.0992. The van der Waals surface area contributed by atoms with E-state index in [2.05, 4.69) is 12.2 Å². The third kappa shape index (κ3) is 3.21. The number of rotatable bonds is 5. The van der Waals surface area contributed by atoms with Crippen LogP contribution in [0.1, 0.15) is 50.3 Å². The summed E-state index contributed by atoms with van der Waals surface area (Å²) in [5, 5.41) is 4.21. The summed E-state index contributed by atoms with van der Waals surface area (Å²) in [7, 11) is 1.57. The van der Waals surface area contributed by atoms with Crippen LogP contribution in [0.5, 0.6) is 0 Å². The third-order valence-electron chi connectivity index (χ3n) is 5.18. The summed E-state index contributed by atoms with van der Waals surface area (Å²) in [6.07, 6.45) is 2.72.